The lowest BCUT2D eigenvalue weighted by Crippen LogP contribution is -2.46. The van der Waals surface area contributed by atoms with Gasteiger partial charge in [0, 0.05) is 22.7 Å². The molecule has 2 heterocycles. The van der Waals surface area contributed by atoms with E-state index in [0.29, 0.717) is 25.3 Å². The van der Waals surface area contributed by atoms with Gasteiger partial charge in [-0.1, -0.05) is 13.8 Å². The molecule has 4 nitrogen and oxygen atoms in total. The Morgan fingerprint density at radius 3 is 2.62 bits per heavy atom. The largest absolute Gasteiger partial charge is 0.344 e. The third-order valence-electron chi connectivity index (χ3n) is 3.84. The number of amides is 2. The van der Waals surface area contributed by atoms with E-state index >= 15 is 0 Å². The van der Waals surface area contributed by atoms with E-state index in [9.17, 15) is 9.59 Å². The molecule has 21 heavy (non-hydrogen) atoms. The number of hydrogen-bond acceptors (Lipinski definition) is 3. The molecule has 116 valence electrons. The average molecular weight is 308 g/mol. The molecule has 1 aromatic heterocycles. The molecule has 1 saturated heterocycles. The lowest BCUT2D eigenvalue weighted by atomic mass is 10.0. The van der Waals surface area contributed by atoms with Crippen LogP contribution < -0.4 is 5.32 Å². The Labute approximate surface area is 130 Å². The first-order chi connectivity index (χ1) is 9.88. The molecule has 1 aromatic rings. The van der Waals surface area contributed by atoms with Crippen molar-refractivity contribution in [3.63, 3.8) is 0 Å². The van der Waals surface area contributed by atoms with Gasteiger partial charge in [0.2, 0.25) is 11.8 Å². The Kier molecular flexibility index (Phi) is 5.04. The fourth-order valence-corrected chi connectivity index (χ4v) is 3.65. The maximum atomic E-state index is 12.8. The summed E-state index contributed by atoms with van der Waals surface area (Å²) in [6, 6.07) is 3.80. The second-order valence-corrected chi connectivity index (χ2v) is 7.48. The first kappa shape index (κ1) is 16.0. The number of hydrogen-bond donors (Lipinski definition) is 1. The number of carbonyl (C=O) groups excluding carboxylic acids is 2. The molecule has 0 aliphatic carbocycles. The van der Waals surface area contributed by atoms with E-state index < -0.39 is 0 Å². The smallest absolute Gasteiger partial charge is 0.245 e. The van der Waals surface area contributed by atoms with Gasteiger partial charge in [-0.2, -0.15) is 0 Å². The summed E-state index contributed by atoms with van der Waals surface area (Å²) in [5.74, 6) is 0.401. The highest BCUT2D eigenvalue weighted by molar-refractivity contribution is 7.12. The fourth-order valence-electron chi connectivity index (χ4n) is 2.71. The summed E-state index contributed by atoms with van der Waals surface area (Å²) in [6.07, 6.45) is 1.08. The molecule has 0 saturated carbocycles. The van der Waals surface area contributed by atoms with Crippen LogP contribution >= 0.6 is 11.3 Å². The molecular formula is C16H24N2O2S. The second kappa shape index (κ2) is 6.60. The third-order valence-corrected chi connectivity index (χ3v) is 5.01. The van der Waals surface area contributed by atoms with Gasteiger partial charge in [0.15, 0.2) is 0 Å². The van der Waals surface area contributed by atoms with Crippen molar-refractivity contribution in [2.45, 2.75) is 52.6 Å². The first-order valence-corrected chi connectivity index (χ1v) is 8.36. The molecule has 1 aliphatic heterocycles. The van der Waals surface area contributed by atoms with Gasteiger partial charge in [-0.05, 0) is 38.3 Å². The predicted molar refractivity (Wildman–Crippen MR) is 85.2 cm³/mol. The number of carbonyl (C=O) groups is 2. The Hall–Kier alpha value is -1.36. The van der Waals surface area contributed by atoms with Crippen LogP contribution in [0.25, 0.3) is 0 Å². The van der Waals surface area contributed by atoms with Gasteiger partial charge >= 0.3 is 0 Å². The quantitative estimate of drug-likeness (QED) is 0.930. The van der Waals surface area contributed by atoms with Crippen molar-refractivity contribution in [2.24, 2.45) is 5.92 Å². The third kappa shape index (κ3) is 3.84. The number of thiophene rings is 1. The van der Waals surface area contributed by atoms with Crippen LogP contribution in [0.5, 0.6) is 0 Å². The number of aryl methyl sites for hydroxylation is 1. The molecule has 2 amide bonds. The van der Waals surface area contributed by atoms with Gasteiger partial charge in [0.05, 0.1) is 6.04 Å². The SMILES string of the molecule is Cc1ccc(C(C)N2CCC(=O)NC(CC(C)C)C2=O)s1. The van der Waals surface area contributed by atoms with Crippen LogP contribution in [-0.4, -0.2) is 29.3 Å². The van der Waals surface area contributed by atoms with E-state index in [1.54, 1.807) is 11.3 Å². The summed E-state index contributed by atoms with van der Waals surface area (Å²) in [4.78, 5) is 28.9. The molecule has 2 unspecified atom stereocenters. The standard InChI is InChI=1S/C16H24N2O2S/c1-10(2)9-13-16(20)18(8-7-15(19)17-13)12(4)14-6-5-11(3)21-14/h5-6,10,12-13H,7-9H2,1-4H3,(H,17,19). The molecule has 2 rings (SSSR count). The van der Waals surface area contributed by atoms with Crippen molar-refractivity contribution in [1.29, 1.82) is 0 Å². The van der Waals surface area contributed by atoms with Crippen LogP contribution in [-0.2, 0) is 9.59 Å². The van der Waals surface area contributed by atoms with Crippen molar-refractivity contribution in [1.82, 2.24) is 10.2 Å². The van der Waals surface area contributed by atoms with Crippen LogP contribution in [0.3, 0.4) is 0 Å². The van der Waals surface area contributed by atoms with Crippen molar-refractivity contribution < 1.29 is 9.59 Å². The normalized spacial score (nSPS) is 21.4. The van der Waals surface area contributed by atoms with E-state index in [1.807, 2.05) is 11.8 Å². The topological polar surface area (TPSA) is 49.4 Å². The molecule has 0 bridgehead atoms. The van der Waals surface area contributed by atoms with E-state index in [4.69, 9.17) is 0 Å². The number of nitrogens with one attached hydrogen (secondary N) is 1. The van der Waals surface area contributed by atoms with E-state index in [0.717, 1.165) is 0 Å². The molecule has 1 aliphatic rings. The van der Waals surface area contributed by atoms with Crippen LogP contribution in [0.4, 0.5) is 0 Å². The monoisotopic (exact) mass is 308 g/mol. The van der Waals surface area contributed by atoms with Crippen molar-refractivity contribution in [3.05, 3.63) is 21.9 Å². The highest BCUT2D eigenvalue weighted by atomic mass is 32.1. The molecule has 0 aromatic carbocycles. The zero-order valence-corrected chi connectivity index (χ0v) is 14.0. The summed E-state index contributed by atoms with van der Waals surface area (Å²) < 4.78 is 0. The molecule has 5 heteroatoms. The highest BCUT2D eigenvalue weighted by Crippen LogP contribution is 2.29. The van der Waals surface area contributed by atoms with Gasteiger partial charge in [-0.25, -0.2) is 0 Å². The van der Waals surface area contributed by atoms with Crippen LogP contribution in [0, 0.1) is 12.8 Å². The fraction of sp³-hybridized carbons (Fsp3) is 0.625. The number of rotatable bonds is 4. The molecule has 1 N–H and O–H groups in total. The molecule has 2 atom stereocenters. The predicted octanol–water partition coefficient (Wildman–Crippen LogP) is 2.88. The Morgan fingerprint density at radius 2 is 2.05 bits per heavy atom. The van der Waals surface area contributed by atoms with Crippen LogP contribution in [0.15, 0.2) is 12.1 Å². The Morgan fingerprint density at radius 1 is 1.33 bits per heavy atom. The summed E-state index contributed by atoms with van der Waals surface area (Å²) in [5, 5.41) is 2.87. The average Bonchev–Trinajstić information content (AvgIpc) is 2.78. The van der Waals surface area contributed by atoms with Crippen molar-refractivity contribution in [3.8, 4) is 0 Å². The van der Waals surface area contributed by atoms with E-state index in [2.05, 4.69) is 38.2 Å². The van der Waals surface area contributed by atoms with Crippen molar-refractivity contribution in [2.75, 3.05) is 6.54 Å². The second-order valence-electron chi connectivity index (χ2n) is 6.16. The van der Waals surface area contributed by atoms with Crippen molar-refractivity contribution >= 4 is 23.2 Å². The summed E-state index contributed by atoms with van der Waals surface area (Å²) in [7, 11) is 0. The lowest BCUT2D eigenvalue weighted by Gasteiger charge is -2.30. The van der Waals surface area contributed by atoms with Gasteiger partial charge in [-0.3, -0.25) is 9.59 Å². The Balaban J connectivity index is 2.20. The van der Waals surface area contributed by atoms with Crippen LogP contribution in [0.1, 0.15) is 49.4 Å². The van der Waals surface area contributed by atoms with Gasteiger partial charge in [0.25, 0.3) is 0 Å². The maximum Gasteiger partial charge on any atom is 0.245 e. The molecule has 0 spiro atoms. The summed E-state index contributed by atoms with van der Waals surface area (Å²) in [6.45, 7) is 8.75. The minimum absolute atomic E-state index is 0.0222. The zero-order valence-electron chi connectivity index (χ0n) is 13.2. The summed E-state index contributed by atoms with van der Waals surface area (Å²) >= 11 is 1.72. The minimum atomic E-state index is -0.386. The lowest BCUT2D eigenvalue weighted by molar-refractivity contribution is -0.135. The molecular weight excluding hydrogens is 284 g/mol. The summed E-state index contributed by atoms with van der Waals surface area (Å²) in [5.41, 5.74) is 0. The van der Waals surface area contributed by atoms with E-state index in [1.165, 1.54) is 9.75 Å². The van der Waals surface area contributed by atoms with Gasteiger partial charge in [0.1, 0.15) is 6.04 Å². The van der Waals surface area contributed by atoms with Crippen LogP contribution in [0.2, 0.25) is 0 Å². The van der Waals surface area contributed by atoms with Gasteiger partial charge in [-0.15, -0.1) is 11.3 Å². The Bertz CT molecular complexity index is 524. The molecule has 1 fully saturated rings. The number of nitrogens with zero attached hydrogens (tertiary/aromatic N) is 1. The van der Waals surface area contributed by atoms with Gasteiger partial charge < -0.3 is 10.2 Å². The maximum absolute atomic E-state index is 12.8. The molecule has 0 radical (unpaired) electrons. The first-order valence-electron chi connectivity index (χ1n) is 7.54. The van der Waals surface area contributed by atoms with E-state index in [-0.39, 0.29) is 23.9 Å². The minimum Gasteiger partial charge on any atom is -0.344 e. The zero-order chi connectivity index (χ0) is 15.6. The highest BCUT2D eigenvalue weighted by Gasteiger charge is 2.33.